The number of rotatable bonds is 6. The highest BCUT2D eigenvalue weighted by molar-refractivity contribution is 7.92. The Morgan fingerprint density at radius 2 is 1.79 bits per heavy atom. The zero-order valence-electron chi connectivity index (χ0n) is 16.3. The van der Waals surface area contributed by atoms with Gasteiger partial charge in [0.2, 0.25) is 9.99 Å². The van der Waals surface area contributed by atoms with Crippen LogP contribution in [0, 0.1) is 0 Å². The number of nitrogens with one attached hydrogen (secondary N) is 1. The van der Waals surface area contributed by atoms with E-state index in [0.29, 0.717) is 21.9 Å². The number of hydrogen-bond donors (Lipinski definition) is 1. The molecule has 150 valence electrons. The first-order chi connectivity index (χ1) is 13.1. The van der Waals surface area contributed by atoms with Gasteiger partial charge in [0, 0.05) is 11.6 Å². The van der Waals surface area contributed by atoms with E-state index in [1.54, 1.807) is 0 Å². The number of methoxy groups -OCH3 is 1. The number of benzene rings is 1. The largest absolute Gasteiger partial charge is 0.465 e. The summed E-state index contributed by atoms with van der Waals surface area (Å²) in [5.41, 5.74) is 1.13. The molecular weight excluding hydrogens is 400 g/mol. The fraction of sp³-hybridized carbons (Fsp3) is 0.389. The van der Waals surface area contributed by atoms with Crippen molar-refractivity contribution in [2.24, 2.45) is 0 Å². The number of fused-ring (bicyclic) bond motifs is 1. The molecule has 3 aromatic rings. The molecule has 0 saturated heterocycles. The lowest BCUT2D eigenvalue weighted by Gasteiger charge is -2.10. The highest BCUT2D eigenvalue weighted by Crippen LogP contribution is 2.30. The first-order valence-corrected chi connectivity index (χ1v) is 11.0. The highest BCUT2D eigenvalue weighted by atomic mass is 32.2. The van der Waals surface area contributed by atoms with Gasteiger partial charge in [-0.3, -0.25) is 4.72 Å². The van der Waals surface area contributed by atoms with Crippen molar-refractivity contribution in [3.8, 4) is 0 Å². The second kappa shape index (κ2) is 7.51. The number of esters is 1. The molecule has 0 atom stereocenters. The first-order valence-electron chi connectivity index (χ1n) is 8.74. The lowest BCUT2D eigenvalue weighted by molar-refractivity contribution is 0.0601. The van der Waals surface area contributed by atoms with Crippen molar-refractivity contribution >= 4 is 38.0 Å². The Bertz CT molecular complexity index is 1110. The van der Waals surface area contributed by atoms with Gasteiger partial charge in [0.15, 0.2) is 0 Å². The van der Waals surface area contributed by atoms with Crippen LogP contribution in [0.2, 0.25) is 0 Å². The number of sulfonamides is 1. The van der Waals surface area contributed by atoms with Crippen molar-refractivity contribution in [1.29, 1.82) is 0 Å². The molecule has 10 heteroatoms. The van der Waals surface area contributed by atoms with Gasteiger partial charge < -0.3 is 4.74 Å². The van der Waals surface area contributed by atoms with Crippen LogP contribution >= 0.6 is 11.3 Å². The maximum atomic E-state index is 13.2. The summed E-state index contributed by atoms with van der Waals surface area (Å²) < 4.78 is 34.9. The molecule has 0 saturated carbocycles. The molecule has 2 aromatic heterocycles. The standard InChI is InChI=1S/C18H22N4O4S2/c1-10(2)14-16(22-18(19-14)27-15(20-22)11(3)4)28(24,25)21-13-8-6-12(7-9-13)17(23)26-5/h6-11,21H,1-5H3. The van der Waals surface area contributed by atoms with E-state index in [1.165, 1.54) is 47.2 Å². The van der Waals surface area contributed by atoms with Crippen LogP contribution in [0.4, 0.5) is 5.69 Å². The van der Waals surface area contributed by atoms with Crippen LogP contribution in [0.3, 0.4) is 0 Å². The fourth-order valence-corrected chi connectivity index (χ4v) is 5.04. The van der Waals surface area contributed by atoms with Crippen LogP contribution in [0.5, 0.6) is 0 Å². The second-order valence-corrected chi connectivity index (χ2v) is 9.51. The van der Waals surface area contributed by atoms with Crippen molar-refractivity contribution in [3.63, 3.8) is 0 Å². The van der Waals surface area contributed by atoms with Gasteiger partial charge >= 0.3 is 5.97 Å². The van der Waals surface area contributed by atoms with Gasteiger partial charge in [0.05, 0.1) is 18.4 Å². The topological polar surface area (TPSA) is 103 Å². The number of hydrogen-bond acceptors (Lipinski definition) is 7. The molecule has 0 radical (unpaired) electrons. The van der Waals surface area contributed by atoms with E-state index in [9.17, 15) is 13.2 Å². The maximum absolute atomic E-state index is 13.2. The molecule has 1 aromatic carbocycles. The third-order valence-electron chi connectivity index (χ3n) is 4.06. The van der Waals surface area contributed by atoms with Crippen LogP contribution < -0.4 is 4.72 Å². The second-order valence-electron chi connectivity index (χ2n) is 6.92. The van der Waals surface area contributed by atoms with Crippen LogP contribution in [-0.2, 0) is 14.8 Å². The molecule has 3 rings (SSSR count). The van der Waals surface area contributed by atoms with E-state index < -0.39 is 16.0 Å². The minimum atomic E-state index is -3.94. The highest BCUT2D eigenvalue weighted by Gasteiger charge is 2.29. The number of imidazole rings is 1. The summed E-state index contributed by atoms with van der Waals surface area (Å²) in [5.74, 6) is -0.411. The molecule has 0 fully saturated rings. The van der Waals surface area contributed by atoms with E-state index in [4.69, 9.17) is 0 Å². The molecular formula is C18H22N4O4S2. The molecule has 0 bridgehead atoms. The summed E-state index contributed by atoms with van der Waals surface area (Å²) in [5, 5.41) is 5.32. The molecule has 0 aliphatic carbocycles. The van der Waals surface area contributed by atoms with Crippen LogP contribution in [0.25, 0.3) is 4.96 Å². The van der Waals surface area contributed by atoms with E-state index in [1.807, 2.05) is 27.7 Å². The Balaban J connectivity index is 2.03. The number of aromatic nitrogens is 3. The van der Waals surface area contributed by atoms with E-state index in [0.717, 1.165) is 5.01 Å². The monoisotopic (exact) mass is 422 g/mol. The molecule has 0 spiro atoms. The van der Waals surface area contributed by atoms with Crippen molar-refractivity contribution in [2.75, 3.05) is 11.8 Å². The number of carbonyl (C=O) groups excluding carboxylic acids is 1. The summed E-state index contributed by atoms with van der Waals surface area (Å²) in [4.78, 5) is 16.6. The Labute approximate surface area is 167 Å². The Hall–Kier alpha value is -2.46. The summed E-state index contributed by atoms with van der Waals surface area (Å²) in [6.45, 7) is 7.77. The van der Waals surface area contributed by atoms with Crippen molar-refractivity contribution < 1.29 is 17.9 Å². The summed E-state index contributed by atoms with van der Waals surface area (Å²) in [6, 6.07) is 6.02. The van der Waals surface area contributed by atoms with Gasteiger partial charge in [-0.25, -0.2) is 9.78 Å². The third-order valence-corrected chi connectivity index (χ3v) is 6.66. The number of ether oxygens (including phenoxy) is 1. The molecule has 0 aliphatic heterocycles. The molecule has 1 N–H and O–H groups in total. The van der Waals surface area contributed by atoms with E-state index >= 15 is 0 Å². The van der Waals surface area contributed by atoms with Crippen LogP contribution in [0.1, 0.15) is 60.6 Å². The molecule has 0 unspecified atom stereocenters. The Morgan fingerprint density at radius 1 is 1.14 bits per heavy atom. The molecule has 0 amide bonds. The number of anilines is 1. The molecule has 8 nitrogen and oxygen atoms in total. The quantitative estimate of drug-likeness (QED) is 0.609. The van der Waals surface area contributed by atoms with Crippen LogP contribution in [-0.4, -0.2) is 36.1 Å². The zero-order chi connectivity index (χ0) is 20.6. The zero-order valence-corrected chi connectivity index (χ0v) is 17.9. The lowest BCUT2D eigenvalue weighted by Crippen LogP contribution is -2.18. The van der Waals surface area contributed by atoms with E-state index in [-0.39, 0.29) is 16.9 Å². The number of nitrogens with zero attached hydrogens (tertiary/aromatic N) is 3. The van der Waals surface area contributed by atoms with E-state index in [2.05, 4.69) is 19.5 Å². The van der Waals surface area contributed by atoms with Gasteiger partial charge in [-0.2, -0.15) is 18.0 Å². The average molecular weight is 423 g/mol. The Morgan fingerprint density at radius 3 is 2.32 bits per heavy atom. The van der Waals surface area contributed by atoms with Crippen molar-refractivity contribution in [3.05, 3.63) is 40.5 Å². The van der Waals surface area contributed by atoms with Gasteiger partial charge in [0.1, 0.15) is 5.01 Å². The lowest BCUT2D eigenvalue weighted by atomic mass is 10.2. The van der Waals surface area contributed by atoms with Gasteiger partial charge in [-0.15, -0.1) is 0 Å². The minimum Gasteiger partial charge on any atom is -0.465 e. The predicted molar refractivity (Wildman–Crippen MR) is 108 cm³/mol. The summed E-state index contributed by atoms with van der Waals surface area (Å²) in [6.07, 6.45) is 0. The summed E-state index contributed by atoms with van der Waals surface area (Å²) in [7, 11) is -2.66. The Kier molecular flexibility index (Phi) is 5.44. The molecule has 0 aliphatic rings. The first kappa shape index (κ1) is 20.3. The fourth-order valence-electron chi connectivity index (χ4n) is 2.62. The molecule has 28 heavy (non-hydrogen) atoms. The SMILES string of the molecule is COC(=O)c1ccc(NS(=O)(=O)c2c(C(C)C)nc3sc(C(C)C)nn23)cc1. The minimum absolute atomic E-state index is 0.0395. The maximum Gasteiger partial charge on any atom is 0.337 e. The third kappa shape index (κ3) is 3.74. The number of carbonyl (C=O) groups is 1. The van der Waals surface area contributed by atoms with Gasteiger partial charge in [-0.1, -0.05) is 39.0 Å². The van der Waals surface area contributed by atoms with Crippen molar-refractivity contribution in [2.45, 2.75) is 44.6 Å². The predicted octanol–water partition coefficient (Wildman–Crippen LogP) is 3.63. The smallest absolute Gasteiger partial charge is 0.337 e. The normalized spacial score (nSPS) is 12.1. The van der Waals surface area contributed by atoms with Gasteiger partial charge in [-0.05, 0) is 30.2 Å². The average Bonchev–Trinajstić information content (AvgIpc) is 3.19. The summed E-state index contributed by atoms with van der Waals surface area (Å²) >= 11 is 1.38. The van der Waals surface area contributed by atoms with Crippen LogP contribution in [0.15, 0.2) is 29.3 Å². The van der Waals surface area contributed by atoms with Crippen molar-refractivity contribution in [1.82, 2.24) is 14.6 Å². The molecule has 2 heterocycles. The van der Waals surface area contributed by atoms with Gasteiger partial charge in [0.25, 0.3) is 10.0 Å².